The lowest BCUT2D eigenvalue weighted by atomic mass is 10.0. The van der Waals surface area contributed by atoms with Gasteiger partial charge >= 0.3 is 5.97 Å². The van der Waals surface area contributed by atoms with Crippen LogP contribution < -0.4 is 5.32 Å². The van der Waals surface area contributed by atoms with Gasteiger partial charge in [0.25, 0.3) is 5.91 Å². The van der Waals surface area contributed by atoms with Gasteiger partial charge in [-0.25, -0.2) is 9.78 Å². The molecule has 1 heterocycles. The molecule has 0 unspecified atom stereocenters. The quantitative estimate of drug-likeness (QED) is 0.727. The third-order valence-electron chi connectivity index (χ3n) is 4.20. The SMILES string of the molecule is COC(=O)c1ccccc1Nc1cc(C)c(C)cc1C(=O)n1ccnc1. The number of para-hydroxylation sites is 1. The molecule has 0 aliphatic heterocycles. The van der Waals surface area contributed by atoms with Crippen molar-refractivity contribution < 1.29 is 14.3 Å². The fraction of sp³-hybridized carbons (Fsp3) is 0.150. The molecule has 0 atom stereocenters. The summed E-state index contributed by atoms with van der Waals surface area (Å²) in [5.41, 5.74) is 4.11. The standard InChI is InChI=1S/C20H19N3O3/c1-13-10-16(19(24)23-9-8-21-12-23)18(11-14(13)2)22-17-7-5-4-6-15(17)20(25)26-3/h4-12,22H,1-3H3. The Bertz CT molecular complexity index is 962. The van der Waals surface area contributed by atoms with Crippen LogP contribution in [0.15, 0.2) is 55.1 Å². The number of aryl methyl sites for hydroxylation is 2. The second kappa shape index (κ2) is 7.23. The number of nitrogens with one attached hydrogen (secondary N) is 1. The van der Waals surface area contributed by atoms with E-state index in [1.54, 1.807) is 30.6 Å². The number of benzene rings is 2. The van der Waals surface area contributed by atoms with Crippen LogP contribution in [0, 0.1) is 13.8 Å². The van der Waals surface area contributed by atoms with Crippen LogP contribution in [0.3, 0.4) is 0 Å². The van der Waals surface area contributed by atoms with Crippen LogP contribution in [0.1, 0.15) is 31.8 Å². The number of esters is 1. The normalized spacial score (nSPS) is 10.4. The fourth-order valence-corrected chi connectivity index (χ4v) is 2.64. The van der Waals surface area contributed by atoms with Gasteiger partial charge in [-0.05, 0) is 49.2 Å². The molecule has 0 spiro atoms. The van der Waals surface area contributed by atoms with Crippen LogP contribution in [0.25, 0.3) is 0 Å². The highest BCUT2D eigenvalue weighted by molar-refractivity contribution is 6.03. The number of nitrogens with zero attached hydrogens (tertiary/aromatic N) is 2. The zero-order chi connectivity index (χ0) is 18.7. The molecule has 0 aliphatic carbocycles. The summed E-state index contributed by atoms with van der Waals surface area (Å²) < 4.78 is 6.25. The van der Waals surface area contributed by atoms with Gasteiger partial charge in [0, 0.05) is 12.4 Å². The van der Waals surface area contributed by atoms with E-state index in [9.17, 15) is 9.59 Å². The summed E-state index contributed by atoms with van der Waals surface area (Å²) >= 11 is 0. The van der Waals surface area contributed by atoms with Gasteiger partial charge in [-0.2, -0.15) is 0 Å². The molecule has 132 valence electrons. The Morgan fingerprint density at radius 2 is 1.77 bits per heavy atom. The fourth-order valence-electron chi connectivity index (χ4n) is 2.64. The number of aromatic nitrogens is 2. The highest BCUT2D eigenvalue weighted by atomic mass is 16.5. The monoisotopic (exact) mass is 349 g/mol. The zero-order valence-corrected chi connectivity index (χ0v) is 14.8. The molecule has 1 aromatic heterocycles. The molecule has 0 amide bonds. The summed E-state index contributed by atoms with van der Waals surface area (Å²) in [7, 11) is 1.34. The summed E-state index contributed by atoms with van der Waals surface area (Å²) in [6, 6.07) is 10.7. The molecule has 1 N–H and O–H groups in total. The van der Waals surface area contributed by atoms with Crippen LogP contribution in [-0.2, 0) is 4.74 Å². The molecule has 0 saturated carbocycles. The molecule has 0 aliphatic rings. The zero-order valence-electron chi connectivity index (χ0n) is 14.8. The van der Waals surface area contributed by atoms with Crippen LogP contribution in [-0.4, -0.2) is 28.5 Å². The maximum absolute atomic E-state index is 12.8. The third kappa shape index (κ3) is 3.35. The lowest BCUT2D eigenvalue weighted by Gasteiger charge is -2.16. The van der Waals surface area contributed by atoms with Gasteiger partial charge in [-0.1, -0.05) is 12.1 Å². The minimum absolute atomic E-state index is 0.205. The van der Waals surface area contributed by atoms with E-state index in [1.807, 2.05) is 32.0 Å². The predicted octanol–water partition coefficient (Wildman–Crippen LogP) is 3.72. The predicted molar refractivity (Wildman–Crippen MR) is 98.9 cm³/mol. The summed E-state index contributed by atoms with van der Waals surface area (Å²) in [6.45, 7) is 3.92. The molecule has 3 rings (SSSR count). The first-order valence-electron chi connectivity index (χ1n) is 8.09. The molecular formula is C20H19N3O3. The molecule has 6 nitrogen and oxygen atoms in total. The van der Waals surface area contributed by atoms with E-state index in [1.165, 1.54) is 18.0 Å². The number of hydrogen-bond donors (Lipinski definition) is 1. The summed E-state index contributed by atoms with van der Waals surface area (Å²) in [6.07, 6.45) is 4.62. The molecule has 26 heavy (non-hydrogen) atoms. The average molecular weight is 349 g/mol. The van der Waals surface area contributed by atoms with Crippen LogP contribution >= 0.6 is 0 Å². The first-order valence-corrected chi connectivity index (χ1v) is 8.09. The van der Waals surface area contributed by atoms with Crippen LogP contribution in [0.2, 0.25) is 0 Å². The molecule has 0 radical (unpaired) electrons. The van der Waals surface area contributed by atoms with Gasteiger partial charge in [-0.3, -0.25) is 9.36 Å². The summed E-state index contributed by atoms with van der Waals surface area (Å²) in [5, 5.41) is 3.21. The largest absolute Gasteiger partial charge is 0.465 e. The van der Waals surface area contributed by atoms with Crippen molar-refractivity contribution in [2.45, 2.75) is 13.8 Å². The van der Waals surface area contributed by atoms with Gasteiger partial charge in [0.2, 0.25) is 0 Å². The second-order valence-electron chi connectivity index (χ2n) is 5.92. The van der Waals surface area contributed by atoms with Crippen molar-refractivity contribution in [3.8, 4) is 0 Å². The minimum Gasteiger partial charge on any atom is -0.465 e. The Kier molecular flexibility index (Phi) is 4.84. The first-order chi connectivity index (χ1) is 12.5. The topological polar surface area (TPSA) is 73.2 Å². The Morgan fingerprint density at radius 1 is 1.04 bits per heavy atom. The maximum Gasteiger partial charge on any atom is 0.339 e. The van der Waals surface area contributed by atoms with Crippen molar-refractivity contribution in [1.29, 1.82) is 0 Å². The number of rotatable bonds is 4. The van der Waals surface area contributed by atoms with E-state index in [0.29, 0.717) is 22.5 Å². The lowest BCUT2D eigenvalue weighted by molar-refractivity contribution is 0.0601. The number of methoxy groups -OCH3 is 1. The van der Waals surface area contributed by atoms with E-state index in [2.05, 4.69) is 10.3 Å². The Labute approximate surface area is 151 Å². The molecule has 0 fully saturated rings. The van der Waals surface area contributed by atoms with Crippen LogP contribution in [0.4, 0.5) is 11.4 Å². The molecule has 6 heteroatoms. The van der Waals surface area contributed by atoms with Crippen molar-refractivity contribution in [1.82, 2.24) is 9.55 Å². The summed E-state index contributed by atoms with van der Waals surface area (Å²) in [4.78, 5) is 28.8. The number of carbonyl (C=O) groups is 2. The number of imidazole rings is 1. The Balaban J connectivity index is 2.07. The van der Waals surface area contributed by atoms with Gasteiger partial charge in [0.05, 0.1) is 29.6 Å². The van der Waals surface area contributed by atoms with Gasteiger partial charge in [-0.15, -0.1) is 0 Å². The van der Waals surface area contributed by atoms with Crippen molar-refractivity contribution >= 4 is 23.3 Å². The van der Waals surface area contributed by atoms with E-state index in [-0.39, 0.29) is 5.91 Å². The van der Waals surface area contributed by atoms with Crippen molar-refractivity contribution in [3.63, 3.8) is 0 Å². The maximum atomic E-state index is 12.8. The molecule has 2 aromatic carbocycles. The van der Waals surface area contributed by atoms with Gasteiger partial charge < -0.3 is 10.1 Å². The smallest absolute Gasteiger partial charge is 0.339 e. The number of ether oxygens (including phenoxy) is 1. The van der Waals surface area contributed by atoms with Crippen LogP contribution in [0.5, 0.6) is 0 Å². The number of anilines is 2. The van der Waals surface area contributed by atoms with E-state index < -0.39 is 5.97 Å². The van der Waals surface area contributed by atoms with Crippen molar-refractivity contribution in [2.24, 2.45) is 0 Å². The molecule has 0 bridgehead atoms. The lowest BCUT2D eigenvalue weighted by Crippen LogP contribution is -2.14. The highest BCUT2D eigenvalue weighted by Gasteiger charge is 2.17. The number of hydrogen-bond acceptors (Lipinski definition) is 5. The second-order valence-corrected chi connectivity index (χ2v) is 5.92. The Morgan fingerprint density at radius 3 is 2.46 bits per heavy atom. The first kappa shape index (κ1) is 17.4. The minimum atomic E-state index is -0.445. The van der Waals surface area contributed by atoms with E-state index in [4.69, 9.17) is 4.74 Å². The Hall–Kier alpha value is -3.41. The van der Waals surface area contributed by atoms with E-state index in [0.717, 1.165) is 11.1 Å². The summed E-state index contributed by atoms with van der Waals surface area (Å²) in [5.74, 6) is -0.650. The third-order valence-corrected chi connectivity index (χ3v) is 4.20. The molecule has 0 saturated heterocycles. The highest BCUT2D eigenvalue weighted by Crippen LogP contribution is 2.27. The number of carbonyl (C=O) groups excluding carboxylic acids is 2. The van der Waals surface area contributed by atoms with Gasteiger partial charge in [0.1, 0.15) is 6.33 Å². The van der Waals surface area contributed by atoms with E-state index >= 15 is 0 Å². The molecular weight excluding hydrogens is 330 g/mol. The molecule has 3 aromatic rings. The van der Waals surface area contributed by atoms with Crippen molar-refractivity contribution in [2.75, 3.05) is 12.4 Å². The van der Waals surface area contributed by atoms with Crippen molar-refractivity contribution in [3.05, 3.63) is 77.4 Å². The van der Waals surface area contributed by atoms with Gasteiger partial charge in [0.15, 0.2) is 0 Å². The average Bonchev–Trinajstić information content (AvgIpc) is 3.18.